The molecule has 1 fully saturated rings. The van der Waals surface area contributed by atoms with Crippen LogP contribution in [0.3, 0.4) is 0 Å². The lowest BCUT2D eigenvalue weighted by Gasteiger charge is -2.06. The maximum Gasteiger partial charge on any atom is 0.287 e. The number of carbonyl (C=O) groups excluding carboxylic acids is 2. The highest BCUT2D eigenvalue weighted by atomic mass is 16.2. The third-order valence-electron chi connectivity index (χ3n) is 2.40. The number of Topliss-reactive ketones (excluding diaryl/α,β-unsaturated/α-hetero) is 1. The van der Waals surface area contributed by atoms with Crippen molar-refractivity contribution in [3.05, 3.63) is 0 Å². The predicted octanol–water partition coefficient (Wildman–Crippen LogP) is 1.27. The van der Waals surface area contributed by atoms with Gasteiger partial charge in [-0.25, -0.2) is 0 Å². The van der Waals surface area contributed by atoms with Crippen LogP contribution in [0, 0.1) is 5.92 Å². The van der Waals surface area contributed by atoms with Crippen molar-refractivity contribution in [3.63, 3.8) is 0 Å². The van der Waals surface area contributed by atoms with Crippen molar-refractivity contribution in [1.29, 1.82) is 0 Å². The van der Waals surface area contributed by atoms with Gasteiger partial charge >= 0.3 is 0 Å². The summed E-state index contributed by atoms with van der Waals surface area (Å²) >= 11 is 0. The van der Waals surface area contributed by atoms with Crippen LogP contribution in [0.5, 0.6) is 0 Å². The quantitative estimate of drug-likeness (QED) is 0.652. The van der Waals surface area contributed by atoms with E-state index in [1.54, 1.807) is 0 Å². The first-order valence-corrected chi connectivity index (χ1v) is 4.97. The lowest BCUT2D eigenvalue weighted by atomic mass is 10.0. The molecule has 1 saturated carbocycles. The maximum atomic E-state index is 11.3. The molecule has 1 aliphatic rings. The van der Waals surface area contributed by atoms with Crippen LogP contribution < -0.4 is 5.32 Å². The SMILES string of the molecule is CCC(C)CC(=O)C(=O)NC1CC1. The van der Waals surface area contributed by atoms with Gasteiger partial charge in [0.25, 0.3) is 5.91 Å². The summed E-state index contributed by atoms with van der Waals surface area (Å²) in [5, 5.41) is 2.69. The maximum absolute atomic E-state index is 11.3. The lowest BCUT2D eigenvalue weighted by Crippen LogP contribution is -2.33. The largest absolute Gasteiger partial charge is 0.347 e. The fraction of sp³-hybridized carbons (Fsp3) is 0.800. The minimum atomic E-state index is -0.386. The summed E-state index contributed by atoms with van der Waals surface area (Å²) in [6.07, 6.45) is 3.39. The average Bonchev–Trinajstić information content (AvgIpc) is 2.87. The fourth-order valence-electron chi connectivity index (χ4n) is 1.05. The van der Waals surface area contributed by atoms with Gasteiger partial charge in [0.2, 0.25) is 5.78 Å². The minimum Gasteiger partial charge on any atom is -0.347 e. The first kappa shape index (κ1) is 10.2. The number of carbonyl (C=O) groups is 2. The second kappa shape index (κ2) is 4.40. The molecule has 0 bridgehead atoms. The van der Waals surface area contributed by atoms with Gasteiger partial charge < -0.3 is 5.32 Å². The molecule has 3 heteroatoms. The zero-order chi connectivity index (χ0) is 9.84. The average molecular weight is 183 g/mol. The van der Waals surface area contributed by atoms with E-state index in [0.29, 0.717) is 12.3 Å². The van der Waals surface area contributed by atoms with E-state index in [-0.39, 0.29) is 17.7 Å². The number of hydrogen-bond acceptors (Lipinski definition) is 2. The summed E-state index contributed by atoms with van der Waals surface area (Å²) < 4.78 is 0. The molecule has 0 aromatic heterocycles. The van der Waals surface area contributed by atoms with Gasteiger partial charge in [-0.2, -0.15) is 0 Å². The first-order chi connectivity index (χ1) is 6.13. The summed E-state index contributed by atoms with van der Waals surface area (Å²) in [7, 11) is 0. The molecule has 0 aliphatic heterocycles. The Morgan fingerprint density at radius 3 is 2.54 bits per heavy atom. The summed E-state index contributed by atoms with van der Waals surface area (Å²) in [6.45, 7) is 4.01. The van der Waals surface area contributed by atoms with Crippen LogP contribution in [-0.4, -0.2) is 17.7 Å². The Morgan fingerprint density at radius 2 is 2.08 bits per heavy atom. The lowest BCUT2D eigenvalue weighted by molar-refractivity contribution is -0.138. The second-order valence-electron chi connectivity index (χ2n) is 3.89. The fourth-order valence-corrected chi connectivity index (χ4v) is 1.05. The Labute approximate surface area is 78.9 Å². The van der Waals surface area contributed by atoms with Gasteiger partial charge in [-0.1, -0.05) is 20.3 Å². The standard InChI is InChI=1S/C10H17NO2/c1-3-7(2)6-9(12)10(13)11-8-4-5-8/h7-8H,3-6H2,1-2H3,(H,11,13). The molecule has 0 aromatic carbocycles. The number of nitrogens with one attached hydrogen (secondary N) is 1. The normalized spacial score (nSPS) is 18.0. The van der Waals surface area contributed by atoms with Crippen molar-refractivity contribution in [2.45, 2.75) is 45.6 Å². The Hall–Kier alpha value is -0.860. The number of rotatable bonds is 5. The van der Waals surface area contributed by atoms with Crippen LogP contribution in [0.15, 0.2) is 0 Å². The van der Waals surface area contributed by atoms with Crippen molar-refractivity contribution in [2.75, 3.05) is 0 Å². The van der Waals surface area contributed by atoms with Crippen LogP contribution in [-0.2, 0) is 9.59 Å². The van der Waals surface area contributed by atoms with Crippen LogP contribution >= 0.6 is 0 Å². The minimum absolute atomic E-state index is 0.263. The third kappa shape index (κ3) is 3.57. The number of ketones is 1. The molecule has 0 aromatic rings. The molecule has 13 heavy (non-hydrogen) atoms. The smallest absolute Gasteiger partial charge is 0.287 e. The van der Waals surface area contributed by atoms with E-state index in [4.69, 9.17) is 0 Å². The summed E-state index contributed by atoms with van der Waals surface area (Å²) in [5.74, 6) is -0.332. The van der Waals surface area contributed by atoms with E-state index in [2.05, 4.69) is 5.32 Å². The molecule has 1 atom stereocenters. The monoisotopic (exact) mass is 183 g/mol. The van der Waals surface area contributed by atoms with Gasteiger partial charge in [-0.15, -0.1) is 0 Å². The molecule has 1 N–H and O–H groups in total. The van der Waals surface area contributed by atoms with Gasteiger partial charge in [0.05, 0.1) is 0 Å². The van der Waals surface area contributed by atoms with Crippen LogP contribution in [0.1, 0.15) is 39.5 Å². The van der Waals surface area contributed by atoms with Crippen LogP contribution in [0.25, 0.3) is 0 Å². The molecular weight excluding hydrogens is 166 g/mol. The van der Waals surface area contributed by atoms with Crippen molar-refractivity contribution in [1.82, 2.24) is 5.32 Å². The Morgan fingerprint density at radius 1 is 1.46 bits per heavy atom. The zero-order valence-corrected chi connectivity index (χ0v) is 8.30. The van der Waals surface area contributed by atoms with Crippen molar-refractivity contribution < 1.29 is 9.59 Å². The van der Waals surface area contributed by atoms with Crippen molar-refractivity contribution in [2.24, 2.45) is 5.92 Å². The van der Waals surface area contributed by atoms with Gasteiger partial charge in [0, 0.05) is 12.5 Å². The number of amides is 1. The molecule has 0 heterocycles. The number of hydrogen-bond donors (Lipinski definition) is 1. The van der Waals surface area contributed by atoms with E-state index < -0.39 is 0 Å². The van der Waals surface area contributed by atoms with Gasteiger partial charge in [-0.3, -0.25) is 9.59 Å². The molecule has 0 radical (unpaired) electrons. The van der Waals surface area contributed by atoms with E-state index in [1.165, 1.54) is 0 Å². The molecule has 1 rings (SSSR count). The highest BCUT2D eigenvalue weighted by Gasteiger charge is 2.26. The van der Waals surface area contributed by atoms with Crippen molar-refractivity contribution >= 4 is 11.7 Å². The Bertz CT molecular complexity index is 209. The first-order valence-electron chi connectivity index (χ1n) is 4.97. The Balaban J connectivity index is 2.24. The van der Waals surface area contributed by atoms with Gasteiger partial charge in [-0.05, 0) is 18.8 Å². The molecule has 1 amide bonds. The van der Waals surface area contributed by atoms with Crippen molar-refractivity contribution in [3.8, 4) is 0 Å². The molecule has 1 aliphatic carbocycles. The highest BCUT2D eigenvalue weighted by molar-refractivity contribution is 6.36. The van der Waals surface area contributed by atoms with E-state index >= 15 is 0 Å². The summed E-state index contributed by atoms with van der Waals surface area (Å²) in [5.41, 5.74) is 0. The molecule has 3 nitrogen and oxygen atoms in total. The zero-order valence-electron chi connectivity index (χ0n) is 8.30. The van der Waals surface area contributed by atoms with Crippen LogP contribution in [0.2, 0.25) is 0 Å². The highest BCUT2D eigenvalue weighted by Crippen LogP contribution is 2.18. The summed E-state index contributed by atoms with van der Waals surface area (Å²) in [6, 6.07) is 0.286. The predicted molar refractivity (Wildman–Crippen MR) is 50.2 cm³/mol. The van der Waals surface area contributed by atoms with Gasteiger partial charge in [0.1, 0.15) is 0 Å². The topological polar surface area (TPSA) is 46.2 Å². The molecular formula is C10H17NO2. The Kier molecular flexibility index (Phi) is 3.46. The molecule has 0 spiro atoms. The molecule has 0 saturated heterocycles. The molecule has 74 valence electrons. The van der Waals surface area contributed by atoms with Crippen LogP contribution in [0.4, 0.5) is 0 Å². The third-order valence-corrected chi connectivity index (χ3v) is 2.40. The van der Waals surface area contributed by atoms with E-state index in [9.17, 15) is 9.59 Å². The molecule has 1 unspecified atom stereocenters. The van der Waals surface area contributed by atoms with Gasteiger partial charge in [0.15, 0.2) is 0 Å². The summed E-state index contributed by atoms with van der Waals surface area (Å²) in [4.78, 5) is 22.4. The van der Waals surface area contributed by atoms with E-state index in [1.807, 2.05) is 13.8 Å². The van der Waals surface area contributed by atoms with E-state index in [0.717, 1.165) is 19.3 Å². The second-order valence-corrected chi connectivity index (χ2v) is 3.89.